The summed E-state index contributed by atoms with van der Waals surface area (Å²) in [6.45, 7) is 5.55. The van der Waals surface area contributed by atoms with Crippen LogP contribution in [0.5, 0.6) is 0 Å². The molecule has 26 heavy (non-hydrogen) atoms. The number of carbonyl (C=O) groups is 2. The number of hydrogen-bond donors (Lipinski definition) is 0. The van der Waals surface area contributed by atoms with Crippen molar-refractivity contribution in [2.75, 3.05) is 26.3 Å². The first-order valence-electron chi connectivity index (χ1n) is 9.80. The fourth-order valence-electron chi connectivity index (χ4n) is 4.77. The maximum Gasteiger partial charge on any atom is 0.228 e. The number of carbonyl (C=O) groups excluding carboxylic acids is 2. The molecule has 0 N–H and O–H groups in total. The molecular weight excluding hydrogens is 328 g/mol. The van der Waals surface area contributed by atoms with Gasteiger partial charge in [-0.15, -0.1) is 0 Å². The lowest BCUT2D eigenvalue weighted by Gasteiger charge is -2.45. The average Bonchev–Trinajstić information content (AvgIpc) is 3.27. The highest BCUT2D eigenvalue weighted by atomic mass is 16.5. The number of aryl methyl sites for hydroxylation is 1. The van der Waals surface area contributed by atoms with E-state index < -0.39 is 0 Å². The molecule has 0 bridgehead atoms. The molecule has 3 saturated heterocycles. The van der Waals surface area contributed by atoms with E-state index in [9.17, 15) is 9.59 Å². The molecule has 0 saturated carbocycles. The van der Waals surface area contributed by atoms with Crippen molar-refractivity contribution in [1.82, 2.24) is 9.80 Å². The Morgan fingerprint density at radius 2 is 2.08 bits per heavy atom. The molecule has 3 aliphatic rings. The van der Waals surface area contributed by atoms with Crippen LogP contribution in [0.3, 0.4) is 0 Å². The molecule has 0 unspecified atom stereocenters. The molecule has 1 aromatic rings. The van der Waals surface area contributed by atoms with Gasteiger partial charge in [-0.2, -0.15) is 0 Å². The minimum Gasteiger partial charge on any atom is -0.381 e. The molecule has 3 heterocycles. The lowest BCUT2D eigenvalue weighted by molar-refractivity contribution is -0.140. The SMILES string of the molecule is Cc1cccc(CN2C(=O)CCC23CCN(C(=O)[C@H]2CCOC2)CC3)c1. The Morgan fingerprint density at radius 1 is 1.27 bits per heavy atom. The van der Waals surface area contributed by atoms with Crippen LogP contribution in [0.15, 0.2) is 24.3 Å². The fourth-order valence-corrected chi connectivity index (χ4v) is 4.77. The summed E-state index contributed by atoms with van der Waals surface area (Å²) in [4.78, 5) is 29.3. The number of nitrogens with zero attached hydrogens (tertiary/aromatic N) is 2. The highest BCUT2D eigenvalue weighted by Crippen LogP contribution is 2.40. The number of likely N-dealkylation sites (tertiary alicyclic amines) is 2. The maximum atomic E-state index is 12.6. The van der Waals surface area contributed by atoms with Gasteiger partial charge in [0.15, 0.2) is 0 Å². The van der Waals surface area contributed by atoms with Gasteiger partial charge in [-0.3, -0.25) is 9.59 Å². The van der Waals surface area contributed by atoms with Crippen LogP contribution in [0.2, 0.25) is 0 Å². The highest BCUT2D eigenvalue weighted by Gasteiger charge is 2.47. The van der Waals surface area contributed by atoms with Gasteiger partial charge >= 0.3 is 0 Å². The van der Waals surface area contributed by atoms with Crippen molar-refractivity contribution in [1.29, 1.82) is 0 Å². The molecule has 0 aromatic heterocycles. The monoisotopic (exact) mass is 356 g/mol. The average molecular weight is 356 g/mol. The summed E-state index contributed by atoms with van der Waals surface area (Å²) in [6.07, 6.45) is 4.19. The molecular formula is C21H28N2O3. The second kappa shape index (κ2) is 7.03. The molecule has 1 atom stereocenters. The molecule has 3 fully saturated rings. The van der Waals surface area contributed by atoms with Crippen molar-refractivity contribution in [3.05, 3.63) is 35.4 Å². The Hall–Kier alpha value is -1.88. The van der Waals surface area contributed by atoms with E-state index in [1.807, 2.05) is 4.90 Å². The lowest BCUT2D eigenvalue weighted by atomic mass is 9.84. The van der Waals surface area contributed by atoms with E-state index in [0.717, 1.165) is 38.8 Å². The molecule has 4 rings (SSSR count). The summed E-state index contributed by atoms with van der Waals surface area (Å²) < 4.78 is 5.37. The fraction of sp³-hybridized carbons (Fsp3) is 0.619. The molecule has 0 radical (unpaired) electrons. The van der Waals surface area contributed by atoms with Crippen molar-refractivity contribution >= 4 is 11.8 Å². The molecule has 1 aromatic carbocycles. The van der Waals surface area contributed by atoms with Gasteiger partial charge in [-0.05, 0) is 38.2 Å². The van der Waals surface area contributed by atoms with Crippen LogP contribution in [-0.2, 0) is 20.9 Å². The van der Waals surface area contributed by atoms with E-state index in [2.05, 4.69) is 36.1 Å². The van der Waals surface area contributed by atoms with Gasteiger partial charge in [0.05, 0.1) is 12.5 Å². The first kappa shape index (κ1) is 17.5. The Morgan fingerprint density at radius 3 is 2.77 bits per heavy atom. The predicted molar refractivity (Wildman–Crippen MR) is 98.4 cm³/mol. The Balaban J connectivity index is 1.44. The Bertz CT molecular complexity index is 688. The van der Waals surface area contributed by atoms with Crippen LogP contribution >= 0.6 is 0 Å². The first-order chi connectivity index (χ1) is 12.6. The molecule has 1 spiro atoms. The molecule has 140 valence electrons. The normalized spacial score (nSPS) is 25.3. The number of benzene rings is 1. The quantitative estimate of drug-likeness (QED) is 0.836. The number of piperidine rings is 1. The van der Waals surface area contributed by atoms with Crippen LogP contribution in [-0.4, -0.2) is 53.5 Å². The van der Waals surface area contributed by atoms with Crippen LogP contribution < -0.4 is 0 Å². The first-order valence-corrected chi connectivity index (χ1v) is 9.80. The molecule has 5 nitrogen and oxygen atoms in total. The van der Waals surface area contributed by atoms with Crippen molar-refractivity contribution < 1.29 is 14.3 Å². The van der Waals surface area contributed by atoms with Gasteiger partial charge in [0, 0.05) is 38.2 Å². The third-order valence-corrected chi connectivity index (χ3v) is 6.39. The summed E-state index contributed by atoms with van der Waals surface area (Å²) in [6, 6.07) is 8.41. The highest BCUT2D eigenvalue weighted by molar-refractivity contribution is 5.81. The Kier molecular flexibility index (Phi) is 4.74. The predicted octanol–water partition coefficient (Wildman–Crippen LogP) is 2.52. The van der Waals surface area contributed by atoms with Gasteiger partial charge in [0.2, 0.25) is 11.8 Å². The van der Waals surface area contributed by atoms with Crippen LogP contribution in [0.4, 0.5) is 0 Å². The zero-order valence-corrected chi connectivity index (χ0v) is 15.6. The smallest absolute Gasteiger partial charge is 0.228 e. The maximum absolute atomic E-state index is 12.6. The van der Waals surface area contributed by atoms with Crippen LogP contribution in [0, 0.1) is 12.8 Å². The number of rotatable bonds is 3. The zero-order chi connectivity index (χ0) is 18.1. The van der Waals surface area contributed by atoms with E-state index in [1.54, 1.807) is 0 Å². The number of hydrogen-bond acceptors (Lipinski definition) is 3. The van der Waals surface area contributed by atoms with Crippen molar-refractivity contribution in [3.8, 4) is 0 Å². The standard InChI is InChI=1S/C21H28N2O3/c1-16-3-2-4-17(13-16)14-23-19(24)5-7-21(23)8-10-22(11-9-21)20(25)18-6-12-26-15-18/h2-4,13,18H,5-12,14-15H2,1H3/t18-/m0/s1. The summed E-state index contributed by atoms with van der Waals surface area (Å²) in [5, 5.41) is 0. The molecule has 0 aliphatic carbocycles. The molecule has 5 heteroatoms. The van der Waals surface area contributed by atoms with Gasteiger partial charge in [-0.25, -0.2) is 0 Å². The Labute approximate surface area is 155 Å². The van der Waals surface area contributed by atoms with Crippen LogP contribution in [0.1, 0.15) is 43.2 Å². The van der Waals surface area contributed by atoms with E-state index in [0.29, 0.717) is 26.2 Å². The van der Waals surface area contributed by atoms with E-state index >= 15 is 0 Å². The number of ether oxygens (including phenoxy) is 1. The van der Waals surface area contributed by atoms with Crippen molar-refractivity contribution in [2.24, 2.45) is 5.92 Å². The minimum atomic E-state index is -0.0657. The number of amides is 2. The topological polar surface area (TPSA) is 49.9 Å². The van der Waals surface area contributed by atoms with Gasteiger partial charge < -0.3 is 14.5 Å². The third-order valence-electron chi connectivity index (χ3n) is 6.39. The van der Waals surface area contributed by atoms with Crippen molar-refractivity contribution in [3.63, 3.8) is 0 Å². The second-order valence-corrected chi connectivity index (χ2v) is 8.08. The third kappa shape index (κ3) is 3.25. The lowest BCUT2D eigenvalue weighted by Crippen LogP contribution is -2.54. The van der Waals surface area contributed by atoms with Crippen molar-refractivity contribution in [2.45, 2.75) is 51.1 Å². The second-order valence-electron chi connectivity index (χ2n) is 8.08. The summed E-state index contributed by atoms with van der Waals surface area (Å²) in [5.41, 5.74) is 2.35. The largest absolute Gasteiger partial charge is 0.381 e. The summed E-state index contributed by atoms with van der Waals surface area (Å²) >= 11 is 0. The van der Waals surface area contributed by atoms with Gasteiger partial charge in [0.25, 0.3) is 0 Å². The summed E-state index contributed by atoms with van der Waals surface area (Å²) in [7, 11) is 0. The van der Waals surface area contributed by atoms with E-state index in [4.69, 9.17) is 4.74 Å². The van der Waals surface area contributed by atoms with Gasteiger partial charge in [0.1, 0.15) is 0 Å². The van der Waals surface area contributed by atoms with Crippen LogP contribution in [0.25, 0.3) is 0 Å². The zero-order valence-electron chi connectivity index (χ0n) is 15.6. The van der Waals surface area contributed by atoms with Gasteiger partial charge in [-0.1, -0.05) is 29.8 Å². The van der Waals surface area contributed by atoms with E-state index in [-0.39, 0.29) is 23.3 Å². The molecule has 2 amide bonds. The van der Waals surface area contributed by atoms with E-state index in [1.165, 1.54) is 11.1 Å². The minimum absolute atomic E-state index is 0.0395. The summed E-state index contributed by atoms with van der Waals surface area (Å²) in [5.74, 6) is 0.542. The molecule has 3 aliphatic heterocycles.